The lowest BCUT2D eigenvalue weighted by Gasteiger charge is -2.27. The lowest BCUT2D eigenvalue weighted by atomic mass is 10.2. The number of anilines is 1. The summed E-state index contributed by atoms with van der Waals surface area (Å²) in [6, 6.07) is 1.67. The van der Waals surface area contributed by atoms with Crippen molar-refractivity contribution < 1.29 is 22.7 Å². The van der Waals surface area contributed by atoms with E-state index in [4.69, 9.17) is 4.74 Å². The van der Waals surface area contributed by atoms with Gasteiger partial charge in [0.05, 0.1) is 0 Å². The van der Waals surface area contributed by atoms with Gasteiger partial charge in [-0.05, 0) is 34.1 Å². The SMILES string of the molecule is Cc1cc(N2CCCN(C(=O)OC(C)(C)C)CC2)n2nc(C(F)(F)F)nc2n1. The number of nitrogens with zero attached hydrogens (tertiary/aromatic N) is 6. The molecular weight excluding hydrogens is 377 g/mol. The van der Waals surface area contributed by atoms with Gasteiger partial charge in [0.15, 0.2) is 0 Å². The van der Waals surface area contributed by atoms with E-state index in [0.717, 1.165) is 4.52 Å². The molecule has 0 atom stereocenters. The number of ether oxygens (including phenoxy) is 1. The van der Waals surface area contributed by atoms with E-state index in [2.05, 4.69) is 15.1 Å². The molecule has 0 bridgehead atoms. The molecule has 0 aliphatic carbocycles. The Morgan fingerprint density at radius 3 is 2.46 bits per heavy atom. The molecule has 1 fully saturated rings. The van der Waals surface area contributed by atoms with Crippen LogP contribution in [0.4, 0.5) is 23.8 Å². The van der Waals surface area contributed by atoms with Gasteiger partial charge in [0.25, 0.3) is 11.6 Å². The van der Waals surface area contributed by atoms with Crippen LogP contribution in [0.1, 0.15) is 38.7 Å². The number of fused-ring (bicyclic) bond motifs is 1. The highest BCUT2D eigenvalue weighted by atomic mass is 19.4. The molecule has 154 valence electrons. The number of hydrogen-bond acceptors (Lipinski definition) is 6. The van der Waals surface area contributed by atoms with Gasteiger partial charge in [-0.2, -0.15) is 22.7 Å². The van der Waals surface area contributed by atoms with E-state index in [1.165, 1.54) is 0 Å². The number of halogens is 3. The van der Waals surface area contributed by atoms with E-state index in [0.29, 0.717) is 44.1 Å². The van der Waals surface area contributed by atoms with Gasteiger partial charge in [0, 0.05) is 37.9 Å². The van der Waals surface area contributed by atoms with Crippen molar-refractivity contribution in [1.29, 1.82) is 0 Å². The van der Waals surface area contributed by atoms with Gasteiger partial charge in [-0.3, -0.25) is 0 Å². The summed E-state index contributed by atoms with van der Waals surface area (Å²) in [5, 5.41) is 3.60. The van der Waals surface area contributed by atoms with Crippen LogP contribution in [-0.2, 0) is 10.9 Å². The van der Waals surface area contributed by atoms with Crippen LogP contribution in [0.15, 0.2) is 6.07 Å². The first-order chi connectivity index (χ1) is 12.9. The van der Waals surface area contributed by atoms with Gasteiger partial charge in [0.1, 0.15) is 11.4 Å². The van der Waals surface area contributed by atoms with Crippen LogP contribution in [0, 0.1) is 6.92 Å². The number of hydrogen-bond donors (Lipinski definition) is 0. The maximum Gasteiger partial charge on any atom is 0.453 e. The second-order valence-electron chi connectivity index (χ2n) is 7.71. The smallest absolute Gasteiger partial charge is 0.444 e. The molecule has 3 heterocycles. The Morgan fingerprint density at radius 2 is 1.82 bits per heavy atom. The van der Waals surface area contributed by atoms with Crippen molar-refractivity contribution in [2.75, 3.05) is 31.1 Å². The predicted octanol–water partition coefficient (Wildman–Crippen LogP) is 2.90. The highest BCUT2D eigenvalue weighted by molar-refractivity contribution is 5.68. The van der Waals surface area contributed by atoms with Crippen LogP contribution in [0.2, 0.25) is 0 Å². The zero-order valence-corrected chi connectivity index (χ0v) is 16.2. The Morgan fingerprint density at radius 1 is 1.11 bits per heavy atom. The molecule has 0 N–H and O–H groups in total. The quantitative estimate of drug-likeness (QED) is 0.733. The van der Waals surface area contributed by atoms with Crippen molar-refractivity contribution in [3.05, 3.63) is 17.6 Å². The van der Waals surface area contributed by atoms with E-state index < -0.39 is 23.7 Å². The van der Waals surface area contributed by atoms with Gasteiger partial charge in [0.2, 0.25) is 0 Å². The molecule has 0 radical (unpaired) electrons. The van der Waals surface area contributed by atoms with Crippen molar-refractivity contribution in [1.82, 2.24) is 24.5 Å². The number of amides is 1. The van der Waals surface area contributed by atoms with Gasteiger partial charge >= 0.3 is 12.3 Å². The third-order valence-corrected chi connectivity index (χ3v) is 4.15. The van der Waals surface area contributed by atoms with Crippen molar-refractivity contribution >= 4 is 17.7 Å². The number of aryl methyl sites for hydroxylation is 1. The van der Waals surface area contributed by atoms with Crippen molar-refractivity contribution in [2.45, 2.75) is 45.9 Å². The molecular formula is C17H23F3N6O2. The topological polar surface area (TPSA) is 75.9 Å². The molecule has 0 aromatic carbocycles. The number of alkyl halides is 3. The number of carbonyl (C=O) groups excluding carboxylic acids is 1. The van der Waals surface area contributed by atoms with Gasteiger partial charge in [-0.25, -0.2) is 9.78 Å². The Bertz CT molecular complexity index is 874. The Hall–Kier alpha value is -2.59. The summed E-state index contributed by atoms with van der Waals surface area (Å²) in [6.07, 6.45) is -4.40. The fraction of sp³-hybridized carbons (Fsp3) is 0.647. The molecule has 8 nitrogen and oxygen atoms in total. The molecule has 28 heavy (non-hydrogen) atoms. The molecule has 0 spiro atoms. The van der Waals surface area contributed by atoms with E-state index in [-0.39, 0.29) is 5.78 Å². The minimum absolute atomic E-state index is 0.101. The highest BCUT2D eigenvalue weighted by Crippen LogP contribution is 2.28. The lowest BCUT2D eigenvalue weighted by molar-refractivity contribution is -0.144. The van der Waals surface area contributed by atoms with Crippen LogP contribution in [0.25, 0.3) is 5.78 Å². The molecule has 1 aliphatic heterocycles. The second-order valence-corrected chi connectivity index (χ2v) is 7.71. The Labute approximate surface area is 160 Å². The zero-order valence-electron chi connectivity index (χ0n) is 16.2. The largest absolute Gasteiger partial charge is 0.453 e. The molecule has 1 amide bonds. The summed E-state index contributed by atoms with van der Waals surface area (Å²) in [6.45, 7) is 8.97. The number of aromatic nitrogens is 4. The standard InChI is InChI=1S/C17H23F3N6O2/c1-11-10-12(26-14(21-11)22-13(23-26)17(18,19)20)24-6-5-7-25(9-8-24)15(27)28-16(2,3)4/h10H,5-9H2,1-4H3. The van der Waals surface area contributed by atoms with Gasteiger partial charge in [-0.1, -0.05) is 0 Å². The zero-order chi connectivity index (χ0) is 20.7. The fourth-order valence-corrected chi connectivity index (χ4v) is 2.97. The normalized spacial score (nSPS) is 16.4. The average molecular weight is 400 g/mol. The summed E-state index contributed by atoms with van der Waals surface area (Å²) >= 11 is 0. The summed E-state index contributed by atoms with van der Waals surface area (Å²) in [5.41, 5.74) is -0.0523. The predicted molar refractivity (Wildman–Crippen MR) is 95.2 cm³/mol. The maximum atomic E-state index is 13.0. The average Bonchev–Trinajstić information content (AvgIpc) is 2.82. The fourth-order valence-electron chi connectivity index (χ4n) is 2.97. The molecule has 2 aromatic rings. The van der Waals surface area contributed by atoms with Crippen molar-refractivity contribution in [2.24, 2.45) is 0 Å². The summed E-state index contributed by atoms with van der Waals surface area (Å²) in [7, 11) is 0. The summed E-state index contributed by atoms with van der Waals surface area (Å²) in [5.74, 6) is -0.857. The molecule has 2 aromatic heterocycles. The molecule has 0 unspecified atom stereocenters. The Kier molecular flexibility index (Phi) is 5.11. The first-order valence-electron chi connectivity index (χ1n) is 8.98. The van der Waals surface area contributed by atoms with E-state index >= 15 is 0 Å². The monoisotopic (exact) mass is 400 g/mol. The van der Waals surface area contributed by atoms with Crippen LogP contribution >= 0.6 is 0 Å². The highest BCUT2D eigenvalue weighted by Gasteiger charge is 2.37. The molecule has 0 saturated carbocycles. The van der Waals surface area contributed by atoms with E-state index in [1.807, 2.05) is 4.90 Å². The maximum absolute atomic E-state index is 13.0. The minimum Gasteiger partial charge on any atom is -0.444 e. The first-order valence-corrected chi connectivity index (χ1v) is 8.98. The number of rotatable bonds is 1. The van der Waals surface area contributed by atoms with E-state index in [1.54, 1.807) is 38.7 Å². The van der Waals surface area contributed by atoms with Crippen molar-refractivity contribution in [3.63, 3.8) is 0 Å². The van der Waals surface area contributed by atoms with Gasteiger partial charge in [-0.15, -0.1) is 5.10 Å². The third kappa shape index (κ3) is 4.45. The lowest BCUT2D eigenvalue weighted by Crippen LogP contribution is -2.39. The van der Waals surface area contributed by atoms with Crippen molar-refractivity contribution in [3.8, 4) is 0 Å². The van der Waals surface area contributed by atoms with E-state index in [9.17, 15) is 18.0 Å². The van der Waals surface area contributed by atoms with Crippen LogP contribution < -0.4 is 4.90 Å². The molecule has 3 rings (SSSR count). The second kappa shape index (κ2) is 7.10. The van der Waals surface area contributed by atoms with Crippen LogP contribution in [0.5, 0.6) is 0 Å². The summed E-state index contributed by atoms with van der Waals surface area (Å²) < 4.78 is 45.5. The van der Waals surface area contributed by atoms with Gasteiger partial charge < -0.3 is 14.5 Å². The van der Waals surface area contributed by atoms with Crippen LogP contribution in [-0.4, -0.2) is 62.4 Å². The molecule has 1 aliphatic rings. The Balaban J connectivity index is 1.85. The van der Waals surface area contributed by atoms with Crippen LogP contribution in [0.3, 0.4) is 0 Å². The minimum atomic E-state index is -4.65. The molecule has 11 heteroatoms. The third-order valence-electron chi connectivity index (χ3n) is 4.15. The molecule has 1 saturated heterocycles. The summed E-state index contributed by atoms with van der Waals surface area (Å²) in [4.78, 5) is 23.4. The number of carbonyl (C=O) groups is 1. The first kappa shape index (κ1) is 20.2.